The van der Waals surface area contributed by atoms with Crippen LogP contribution in [-0.4, -0.2) is 9.38 Å². The SMILES string of the molecule is Cc1ccc(Sc2cccc3nc4sccn4c(=O)c23)cc1. The van der Waals surface area contributed by atoms with E-state index in [1.807, 2.05) is 23.6 Å². The van der Waals surface area contributed by atoms with Crippen LogP contribution in [0.25, 0.3) is 15.9 Å². The Hall–Kier alpha value is -2.11. The Labute approximate surface area is 135 Å². The second-order valence-electron chi connectivity index (χ2n) is 5.04. The van der Waals surface area contributed by atoms with Crippen molar-refractivity contribution in [1.82, 2.24) is 9.38 Å². The van der Waals surface area contributed by atoms with Crippen molar-refractivity contribution in [2.45, 2.75) is 16.7 Å². The summed E-state index contributed by atoms with van der Waals surface area (Å²) in [5, 5.41) is 2.57. The van der Waals surface area contributed by atoms with Crippen molar-refractivity contribution in [2.24, 2.45) is 0 Å². The number of fused-ring (bicyclic) bond motifs is 2. The van der Waals surface area contributed by atoms with E-state index in [0.29, 0.717) is 5.39 Å². The Kier molecular flexibility index (Phi) is 3.24. The first-order valence-electron chi connectivity index (χ1n) is 6.85. The maximum Gasteiger partial charge on any atom is 0.267 e. The predicted octanol–water partition coefficient (Wildman–Crippen LogP) is 4.37. The average molecular weight is 324 g/mol. The van der Waals surface area contributed by atoms with Gasteiger partial charge in [-0.1, -0.05) is 35.5 Å². The molecule has 3 nitrogen and oxygen atoms in total. The quantitative estimate of drug-likeness (QED) is 0.549. The molecule has 22 heavy (non-hydrogen) atoms. The summed E-state index contributed by atoms with van der Waals surface area (Å²) in [5.74, 6) is 0. The van der Waals surface area contributed by atoms with Crippen LogP contribution in [0.15, 0.2) is 68.6 Å². The summed E-state index contributed by atoms with van der Waals surface area (Å²) in [7, 11) is 0. The van der Waals surface area contributed by atoms with E-state index in [2.05, 4.69) is 36.2 Å². The lowest BCUT2D eigenvalue weighted by atomic mass is 10.2. The Morgan fingerprint density at radius 3 is 2.77 bits per heavy atom. The minimum absolute atomic E-state index is 0.00328. The predicted molar refractivity (Wildman–Crippen MR) is 92.1 cm³/mol. The van der Waals surface area contributed by atoms with Crippen molar-refractivity contribution in [3.8, 4) is 0 Å². The Balaban J connectivity index is 1.93. The lowest BCUT2D eigenvalue weighted by molar-refractivity contribution is 1.11. The van der Waals surface area contributed by atoms with Gasteiger partial charge in [-0.25, -0.2) is 4.98 Å². The smallest absolute Gasteiger partial charge is 0.267 e. The second kappa shape index (κ2) is 5.26. The van der Waals surface area contributed by atoms with Crippen LogP contribution < -0.4 is 5.56 Å². The van der Waals surface area contributed by atoms with Gasteiger partial charge >= 0.3 is 0 Å². The number of thiazole rings is 1. The van der Waals surface area contributed by atoms with Crippen molar-refractivity contribution in [3.63, 3.8) is 0 Å². The molecular formula is C17H12N2OS2. The summed E-state index contributed by atoms with van der Waals surface area (Å²) in [4.78, 5) is 20.1. The molecular weight excluding hydrogens is 312 g/mol. The standard InChI is InChI=1S/C17H12N2OS2/c1-11-5-7-12(8-6-11)22-14-4-2-3-13-15(14)16(20)19-9-10-21-17(19)18-13/h2-10H,1H3. The van der Waals surface area contributed by atoms with Crippen LogP contribution >= 0.6 is 23.1 Å². The molecule has 2 aromatic carbocycles. The van der Waals surface area contributed by atoms with Crippen LogP contribution in [0.3, 0.4) is 0 Å². The highest BCUT2D eigenvalue weighted by Gasteiger charge is 2.11. The molecule has 0 saturated heterocycles. The van der Waals surface area contributed by atoms with E-state index in [0.717, 1.165) is 20.3 Å². The third kappa shape index (κ3) is 2.23. The molecule has 108 valence electrons. The Bertz CT molecular complexity index is 1030. The van der Waals surface area contributed by atoms with Crippen LogP contribution in [0, 0.1) is 6.92 Å². The molecule has 0 fully saturated rings. The van der Waals surface area contributed by atoms with E-state index in [9.17, 15) is 4.79 Å². The monoisotopic (exact) mass is 324 g/mol. The fourth-order valence-electron chi connectivity index (χ4n) is 2.38. The molecule has 0 aliphatic rings. The van der Waals surface area contributed by atoms with Gasteiger partial charge < -0.3 is 0 Å². The zero-order valence-electron chi connectivity index (χ0n) is 11.8. The minimum Gasteiger partial charge on any atom is -0.268 e. The third-order valence-electron chi connectivity index (χ3n) is 3.49. The largest absolute Gasteiger partial charge is 0.268 e. The Morgan fingerprint density at radius 1 is 1.14 bits per heavy atom. The van der Waals surface area contributed by atoms with E-state index in [1.165, 1.54) is 16.9 Å². The third-order valence-corrected chi connectivity index (χ3v) is 5.32. The van der Waals surface area contributed by atoms with Gasteiger partial charge in [0.2, 0.25) is 0 Å². The summed E-state index contributed by atoms with van der Waals surface area (Å²) in [6, 6.07) is 14.1. The number of nitrogens with zero attached hydrogens (tertiary/aromatic N) is 2. The number of aromatic nitrogens is 2. The molecule has 0 N–H and O–H groups in total. The van der Waals surface area contributed by atoms with E-state index in [4.69, 9.17) is 0 Å². The summed E-state index contributed by atoms with van der Waals surface area (Å²) >= 11 is 3.07. The molecule has 0 aliphatic carbocycles. The highest BCUT2D eigenvalue weighted by molar-refractivity contribution is 7.99. The van der Waals surface area contributed by atoms with Crippen molar-refractivity contribution in [2.75, 3.05) is 0 Å². The zero-order chi connectivity index (χ0) is 15.1. The van der Waals surface area contributed by atoms with Gasteiger partial charge in [0.05, 0.1) is 10.9 Å². The maximum absolute atomic E-state index is 12.7. The number of hydrogen-bond acceptors (Lipinski definition) is 4. The summed E-state index contributed by atoms with van der Waals surface area (Å²) in [6.07, 6.45) is 1.78. The first-order chi connectivity index (χ1) is 10.7. The molecule has 4 aromatic rings. The first kappa shape index (κ1) is 13.5. The highest BCUT2D eigenvalue weighted by Crippen LogP contribution is 2.32. The molecule has 0 bridgehead atoms. The van der Waals surface area contributed by atoms with Crippen molar-refractivity contribution in [1.29, 1.82) is 0 Å². The average Bonchev–Trinajstić information content (AvgIpc) is 2.98. The zero-order valence-corrected chi connectivity index (χ0v) is 13.4. The highest BCUT2D eigenvalue weighted by atomic mass is 32.2. The van der Waals surface area contributed by atoms with Gasteiger partial charge in [0.25, 0.3) is 5.56 Å². The molecule has 0 atom stereocenters. The molecule has 2 aromatic heterocycles. The van der Waals surface area contributed by atoms with Crippen LogP contribution in [-0.2, 0) is 0 Å². The molecule has 2 heterocycles. The molecule has 4 rings (SSSR count). The van der Waals surface area contributed by atoms with Gasteiger partial charge in [0, 0.05) is 21.4 Å². The number of rotatable bonds is 2. The van der Waals surface area contributed by atoms with Gasteiger partial charge in [-0.15, -0.1) is 11.3 Å². The van der Waals surface area contributed by atoms with E-state index in [-0.39, 0.29) is 5.56 Å². The van der Waals surface area contributed by atoms with E-state index < -0.39 is 0 Å². The normalized spacial score (nSPS) is 11.3. The topological polar surface area (TPSA) is 34.4 Å². The molecule has 0 aliphatic heterocycles. The maximum atomic E-state index is 12.7. The lowest BCUT2D eigenvalue weighted by Gasteiger charge is -2.06. The molecule has 0 radical (unpaired) electrons. The van der Waals surface area contributed by atoms with E-state index in [1.54, 1.807) is 22.4 Å². The molecule has 5 heteroatoms. The fourth-order valence-corrected chi connectivity index (χ4v) is 4.06. The van der Waals surface area contributed by atoms with Crippen LogP contribution in [0.2, 0.25) is 0 Å². The Morgan fingerprint density at radius 2 is 1.95 bits per heavy atom. The molecule has 0 saturated carbocycles. The summed E-state index contributed by atoms with van der Waals surface area (Å²) < 4.78 is 1.62. The first-order valence-corrected chi connectivity index (χ1v) is 8.55. The summed E-state index contributed by atoms with van der Waals surface area (Å²) in [5.41, 5.74) is 1.98. The fraction of sp³-hybridized carbons (Fsp3) is 0.0588. The van der Waals surface area contributed by atoms with Crippen molar-refractivity contribution in [3.05, 3.63) is 70.0 Å². The summed E-state index contributed by atoms with van der Waals surface area (Å²) in [6.45, 7) is 2.07. The van der Waals surface area contributed by atoms with Crippen molar-refractivity contribution < 1.29 is 0 Å². The van der Waals surface area contributed by atoms with Crippen molar-refractivity contribution >= 4 is 39.0 Å². The van der Waals surface area contributed by atoms with Gasteiger partial charge in [0.1, 0.15) is 0 Å². The minimum atomic E-state index is -0.00328. The van der Waals surface area contributed by atoms with Gasteiger partial charge in [0.15, 0.2) is 4.96 Å². The van der Waals surface area contributed by atoms with Gasteiger partial charge in [-0.2, -0.15) is 0 Å². The molecule has 0 unspecified atom stereocenters. The van der Waals surface area contributed by atoms with Crippen LogP contribution in [0.1, 0.15) is 5.56 Å². The number of benzene rings is 2. The second-order valence-corrected chi connectivity index (χ2v) is 7.03. The number of aryl methyl sites for hydroxylation is 1. The molecule has 0 spiro atoms. The van der Waals surface area contributed by atoms with Gasteiger partial charge in [-0.3, -0.25) is 9.20 Å². The van der Waals surface area contributed by atoms with E-state index >= 15 is 0 Å². The lowest BCUT2D eigenvalue weighted by Crippen LogP contribution is -2.13. The number of hydrogen-bond donors (Lipinski definition) is 0. The van der Waals surface area contributed by atoms with Crippen LogP contribution in [0.5, 0.6) is 0 Å². The van der Waals surface area contributed by atoms with Crippen LogP contribution in [0.4, 0.5) is 0 Å². The molecule has 0 amide bonds. The van der Waals surface area contributed by atoms with Gasteiger partial charge in [-0.05, 0) is 31.2 Å².